The molecular weight excluding hydrogens is 437 g/mol. The van der Waals surface area contributed by atoms with Crippen LogP contribution in [0.5, 0.6) is 0 Å². The van der Waals surface area contributed by atoms with E-state index in [0.717, 1.165) is 4.90 Å². The number of anilines is 3. The first-order chi connectivity index (χ1) is 15.9. The average molecular weight is 460 g/mol. The van der Waals surface area contributed by atoms with Gasteiger partial charge in [0.1, 0.15) is 11.9 Å². The quantitative estimate of drug-likeness (QED) is 0.725. The van der Waals surface area contributed by atoms with Crippen LogP contribution < -0.4 is 20.4 Å². The smallest absolute Gasteiger partial charge is 0.319 e. The van der Waals surface area contributed by atoms with Crippen LogP contribution in [0.4, 0.5) is 35.0 Å². The van der Waals surface area contributed by atoms with Crippen LogP contribution in [-0.4, -0.2) is 37.0 Å². The number of halogens is 3. The Bertz CT molecular complexity index is 1090. The van der Waals surface area contributed by atoms with Gasteiger partial charge in [0, 0.05) is 19.5 Å². The summed E-state index contributed by atoms with van der Waals surface area (Å²) in [5, 5.41) is 4.80. The number of urea groups is 1. The van der Waals surface area contributed by atoms with E-state index in [2.05, 4.69) is 10.6 Å². The number of carbonyl (C=O) groups excluding carboxylic acids is 3. The van der Waals surface area contributed by atoms with E-state index in [1.165, 1.54) is 35.2 Å². The van der Waals surface area contributed by atoms with Crippen LogP contribution >= 0.6 is 0 Å². The molecule has 2 heterocycles. The third-order valence-electron chi connectivity index (χ3n) is 5.81. The first kappa shape index (κ1) is 22.6. The fourth-order valence-corrected chi connectivity index (χ4v) is 4.13. The second kappa shape index (κ2) is 9.51. The van der Waals surface area contributed by atoms with E-state index in [0.29, 0.717) is 32.2 Å². The normalized spacial score (nSPS) is 18.9. The highest BCUT2D eigenvalue weighted by Gasteiger charge is 2.34. The molecular formula is C23H23F3N4O3. The number of piperidine rings is 2. The van der Waals surface area contributed by atoms with Crippen molar-refractivity contribution < 1.29 is 27.6 Å². The summed E-state index contributed by atoms with van der Waals surface area (Å²) in [6.45, 7) is 0.449. The Balaban J connectivity index is 1.49. The van der Waals surface area contributed by atoms with E-state index >= 15 is 0 Å². The summed E-state index contributed by atoms with van der Waals surface area (Å²) in [4.78, 5) is 39.6. The van der Waals surface area contributed by atoms with Crippen molar-refractivity contribution >= 4 is 34.9 Å². The summed E-state index contributed by atoms with van der Waals surface area (Å²) in [5.74, 6) is -3.93. The molecule has 0 saturated carbocycles. The molecule has 174 valence electrons. The molecule has 0 radical (unpaired) electrons. The Morgan fingerprint density at radius 2 is 1.55 bits per heavy atom. The van der Waals surface area contributed by atoms with Crippen molar-refractivity contribution in [1.29, 1.82) is 0 Å². The monoisotopic (exact) mass is 460 g/mol. The van der Waals surface area contributed by atoms with Crippen molar-refractivity contribution in [3.05, 3.63) is 53.8 Å². The number of nitrogens with one attached hydrogen (secondary N) is 2. The molecule has 2 fully saturated rings. The Labute approximate surface area is 188 Å². The van der Waals surface area contributed by atoms with Crippen LogP contribution in [-0.2, 0) is 9.59 Å². The lowest BCUT2D eigenvalue weighted by Crippen LogP contribution is -2.53. The first-order valence-corrected chi connectivity index (χ1v) is 10.8. The summed E-state index contributed by atoms with van der Waals surface area (Å²) in [7, 11) is 0. The van der Waals surface area contributed by atoms with Crippen LogP contribution in [0.15, 0.2) is 36.4 Å². The van der Waals surface area contributed by atoms with Gasteiger partial charge < -0.3 is 20.4 Å². The molecule has 2 N–H and O–H groups in total. The van der Waals surface area contributed by atoms with Gasteiger partial charge in [-0.25, -0.2) is 18.0 Å². The highest BCUT2D eigenvalue weighted by molar-refractivity contribution is 6.02. The van der Waals surface area contributed by atoms with Crippen LogP contribution in [0.3, 0.4) is 0 Å². The van der Waals surface area contributed by atoms with Gasteiger partial charge in [-0.15, -0.1) is 0 Å². The van der Waals surface area contributed by atoms with Crippen LogP contribution in [0, 0.1) is 17.5 Å². The lowest BCUT2D eigenvalue weighted by Gasteiger charge is -2.33. The summed E-state index contributed by atoms with van der Waals surface area (Å²) < 4.78 is 43.6. The number of hydrogen-bond donors (Lipinski definition) is 2. The van der Waals surface area contributed by atoms with E-state index in [-0.39, 0.29) is 35.9 Å². The van der Waals surface area contributed by atoms with E-state index in [4.69, 9.17) is 0 Å². The molecule has 33 heavy (non-hydrogen) atoms. The van der Waals surface area contributed by atoms with Crippen molar-refractivity contribution in [2.45, 2.75) is 38.1 Å². The number of nitrogens with zero attached hydrogens (tertiary/aromatic N) is 2. The van der Waals surface area contributed by atoms with Crippen molar-refractivity contribution in [2.24, 2.45) is 0 Å². The van der Waals surface area contributed by atoms with E-state index in [1.807, 2.05) is 0 Å². The van der Waals surface area contributed by atoms with E-state index in [9.17, 15) is 27.6 Å². The van der Waals surface area contributed by atoms with Crippen molar-refractivity contribution in [3.63, 3.8) is 0 Å². The number of benzene rings is 2. The number of hydrogen-bond acceptors (Lipinski definition) is 3. The molecule has 2 aliphatic rings. The van der Waals surface area contributed by atoms with Crippen LogP contribution in [0.2, 0.25) is 0 Å². The van der Waals surface area contributed by atoms with Crippen LogP contribution in [0.25, 0.3) is 0 Å². The zero-order chi connectivity index (χ0) is 23.5. The van der Waals surface area contributed by atoms with Gasteiger partial charge in [0.2, 0.25) is 11.8 Å². The molecule has 0 aromatic heterocycles. The summed E-state index contributed by atoms with van der Waals surface area (Å²) >= 11 is 0. The van der Waals surface area contributed by atoms with Crippen molar-refractivity contribution in [1.82, 2.24) is 5.32 Å². The standard InChI is InChI=1S/C23H23F3N4O3/c24-14-6-1-2-7-15(14)27-23(33)28-16-8-5-13-30(22(16)32)18-11-10-17(20(25)21(18)26)29-12-4-3-9-19(29)31/h1-2,6-7,10-11,16H,3-5,8-9,12-13H2,(H2,27,28,33)/t16-/m1/s1. The van der Waals surface area contributed by atoms with Gasteiger partial charge in [-0.3, -0.25) is 9.59 Å². The molecule has 10 heteroatoms. The summed E-state index contributed by atoms with van der Waals surface area (Å²) in [5.41, 5.74) is -0.456. The summed E-state index contributed by atoms with van der Waals surface area (Å²) in [6.07, 6.45) is 2.41. The second-order valence-electron chi connectivity index (χ2n) is 8.00. The third kappa shape index (κ3) is 4.64. The maximum absolute atomic E-state index is 15.0. The second-order valence-corrected chi connectivity index (χ2v) is 8.00. The van der Waals surface area contributed by atoms with Crippen LogP contribution in [0.1, 0.15) is 32.1 Å². The van der Waals surface area contributed by atoms with Gasteiger partial charge in [-0.1, -0.05) is 12.1 Å². The van der Waals surface area contributed by atoms with Gasteiger partial charge in [0.25, 0.3) is 0 Å². The molecule has 4 amide bonds. The van der Waals surface area contributed by atoms with Gasteiger partial charge in [-0.2, -0.15) is 0 Å². The zero-order valence-electron chi connectivity index (χ0n) is 17.7. The number of rotatable bonds is 4. The molecule has 0 spiro atoms. The lowest BCUT2D eigenvalue weighted by molar-refractivity contribution is -0.121. The molecule has 2 aliphatic heterocycles. The maximum Gasteiger partial charge on any atom is 0.319 e. The molecule has 4 rings (SSSR count). The number of para-hydroxylation sites is 1. The maximum atomic E-state index is 15.0. The Morgan fingerprint density at radius 3 is 2.24 bits per heavy atom. The highest BCUT2D eigenvalue weighted by atomic mass is 19.2. The van der Waals surface area contributed by atoms with Gasteiger partial charge >= 0.3 is 6.03 Å². The van der Waals surface area contributed by atoms with Crippen molar-refractivity contribution in [3.8, 4) is 0 Å². The van der Waals surface area contributed by atoms with E-state index in [1.54, 1.807) is 6.07 Å². The number of amides is 4. The molecule has 0 bridgehead atoms. The molecule has 0 aliphatic carbocycles. The fraction of sp³-hybridized carbons (Fsp3) is 0.348. The third-order valence-corrected chi connectivity index (χ3v) is 5.81. The predicted octanol–water partition coefficient (Wildman–Crippen LogP) is 3.94. The minimum atomic E-state index is -1.23. The first-order valence-electron chi connectivity index (χ1n) is 10.8. The minimum absolute atomic E-state index is 0.0499. The fourth-order valence-electron chi connectivity index (χ4n) is 4.13. The largest absolute Gasteiger partial charge is 0.326 e. The topological polar surface area (TPSA) is 81.8 Å². The Morgan fingerprint density at radius 1 is 0.879 bits per heavy atom. The lowest BCUT2D eigenvalue weighted by atomic mass is 10.0. The van der Waals surface area contributed by atoms with Gasteiger partial charge in [-0.05, 0) is 49.9 Å². The Kier molecular flexibility index (Phi) is 6.52. The Hall–Kier alpha value is -3.56. The molecule has 0 unspecified atom stereocenters. The average Bonchev–Trinajstić information content (AvgIpc) is 2.80. The molecule has 2 aromatic carbocycles. The predicted molar refractivity (Wildman–Crippen MR) is 116 cm³/mol. The molecule has 2 aromatic rings. The highest BCUT2D eigenvalue weighted by Crippen LogP contribution is 2.33. The molecule has 2 saturated heterocycles. The molecule has 1 atom stereocenters. The SMILES string of the molecule is O=C(Nc1ccccc1F)N[C@@H]1CCCN(c2ccc(N3CCCCC3=O)c(F)c2F)C1=O. The number of carbonyl (C=O) groups is 3. The van der Waals surface area contributed by atoms with E-state index < -0.39 is 35.4 Å². The molecule has 7 nitrogen and oxygen atoms in total. The minimum Gasteiger partial charge on any atom is -0.326 e. The van der Waals surface area contributed by atoms with Gasteiger partial charge in [0.05, 0.1) is 17.1 Å². The zero-order valence-corrected chi connectivity index (χ0v) is 17.7. The van der Waals surface area contributed by atoms with Gasteiger partial charge in [0.15, 0.2) is 11.6 Å². The van der Waals surface area contributed by atoms with Crippen molar-refractivity contribution in [2.75, 3.05) is 28.2 Å². The summed E-state index contributed by atoms with van der Waals surface area (Å²) in [6, 6.07) is 6.37.